The van der Waals surface area contributed by atoms with Crippen LogP contribution in [0.2, 0.25) is 0 Å². The van der Waals surface area contributed by atoms with Gasteiger partial charge in [0.15, 0.2) is 6.29 Å². The topological polar surface area (TPSA) is 194 Å². The lowest BCUT2D eigenvalue weighted by molar-refractivity contribution is -0.338. The first-order valence-corrected chi connectivity index (χ1v) is 16.9. The molecule has 3 fully saturated rings. The van der Waals surface area contributed by atoms with Crippen LogP contribution < -0.4 is 0 Å². The fourth-order valence-electron chi connectivity index (χ4n) is 6.25. The molecule has 3 aliphatic rings. The first-order valence-electron chi connectivity index (χ1n) is 16.9. The van der Waals surface area contributed by atoms with Gasteiger partial charge in [-0.3, -0.25) is 0 Å². The number of unbranched alkanes of at least 4 members (excludes halogenated alkanes) is 3. The van der Waals surface area contributed by atoms with Crippen LogP contribution in [0.3, 0.4) is 0 Å². The molecule has 262 valence electrons. The molecule has 0 amide bonds. The molecule has 0 spiro atoms. The van der Waals surface area contributed by atoms with Gasteiger partial charge in [-0.15, -0.1) is 0 Å². The molecule has 3 saturated heterocycles. The van der Waals surface area contributed by atoms with Crippen LogP contribution >= 0.6 is 0 Å². The summed E-state index contributed by atoms with van der Waals surface area (Å²) in [6.07, 6.45) is -3.91. The van der Waals surface area contributed by atoms with E-state index in [0.29, 0.717) is 32.8 Å². The van der Waals surface area contributed by atoms with E-state index in [1.54, 1.807) is 0 Å². The summed E-state index contributed by atoms with van der Waals surface area (Å²) in [5.41, 5.74) is 9.09. The standard InChI is InChI=1S/C31H57N3O11/c1-5-8-12-40-27-19(4)43-31(30(42-14-10-7-3)29(27)41-13-9-6-2)45-28-20(11-15-39-22(28)17-33-34-32)16-21-24(36)26(38)25(37)23(18-35)44-21/h19-31,35-38H,5-18H2,1-4H3. The predicted octanol–water partition coefficient (Wildman–Crippen LogP) is 2.62. The maximum Gasteiger partial charge on any atom is 0.187 e. The Bertz CT molecular complexity index is 867. The molecule has 3 aliphatic heterocycles. The number of hydrogen-bond acceptors (Lipinski definition) is 12. The van der Waals surface area contributed by atoms with Crippen molar-refractivity contribution in [1.29, 1.82) is 0 Å². The normalized spacial score (nSPS) is 39.0. The molecule has 0 radical (unpaired) electrons. The Hall–Kier alpha value is -1.13. The summed E-state index contributed by atoms with van der Waals surface area (Å²) in [7, 11) is 0. The molecule has 0 aromatic heterocycles. The second-order valence-corrected chi connectivity index (χ2v) is 12.4. The Morgan fingerprint density at radius 1 is 0.778 bits per heavy atom. The minimum absolute atomic E-state index is 0.00909. The number of nitrogens with zero attached hydrogens (tertiary/aromatic N) is 3. The van der Waals surface area contributed by atoms with E-state index in [1.165, 1.54) is 0 Å². The van der Waals surface area contributed by atoms with E-state index in [-0.39, 0.29) is 31.1 Å². The third kappa shape index (κ3) is 10.7. The van der Waals surface area contributed by atoms with Crippen molar-refractivity contribution in [3.63, 3.8) is 0 Å². The molecule has 14 heteroatoms. The highest BCUT2D eigenvalue weighted by Gasteiger charge is 2.51. The highest BCUT2D eigenvalue weighted by molar-refractivity contribution is 4.97. The van der Waals surface area contributed by atoms with Crippen molar-refractivity contribution in [2.75, 3.05) is 39.6 Å². The second-order valence-electron chi connectivity index (χ2n) is 12.4. The van der Waals surface area contributed by atoms with Crippen molar-refractivity contribution in [3.8, 4) is 0 Å². The maximum absolute atomic E-state index is 10.8. The van der Waals surface area contributed by atoms with Gasteiger partial charge >= 0.3 is 0 Å². The van der Waals surface area contributed by atoms with E-state index in [9.17, 15) is 20.4 Å². The van der Waals surface area contributed by atoms with E-state index in [4.69, 9.17) is 38.7 Å². The van der Waals surface area contributed by atoms with Crippen LogP contribution in [-0.4, -0.2) is 133 Å². The van der Waals surface area contributed by atoms with Crippen LogP contribution in [-0.2, 0) is 33.2 Å². The second kappa shape index (κ2) is 20.3. The Morgan fingerprint density at radius 3 is 1.98 bits per heavy atom. The quantitative estimate of drug-likeness (QED) is 0.0697. The maximum atomic E-state index is 10.8. The van der Waals surface area contributed by atoms with Crippen molar-refractivity contribution < 1.29 is 53.6 Å². The highest BCUT2D eigenvalue weighted by Crippen LogP contribution is 2.37. The summed E-state index contributed by atoms with van der Waals surface area (Å²) in [4.78, 5) is 2.92. The van der Waals surface area contributed by atoms with Gasteiger partial charge in [-0.2, -0.15) is 0 Å². The van der Waals surface area contributed by atoms with Crippen molar-refractivity contribution >= 4 is 0 Å². The lowest BCUT2D eigenvalue weighted by Gasteiger charge is -2.48. The SMILES string of the molecule is CCCCOC1C(C)OC(OC2C(CC3OC(CO)C(O)C(O)C3O)CCOC2CN=[N+]=[N-])C(OCCCC)C1OCCCC. The fraction of sp³-hybridized carbons (Fsp3) is 1.00. The zero-order chi connectivity index (χ0) is 32.8. The average molecular weight is 648 g/mol. The van der Waals surface area contributed by atoms with Gasteiger partial charge in [0.05, 0.1) is 37.6 Å². The predicted molar refractivity (Wildman–Crippen MR) is 163 cm³/mol. The van der Waals surface area contributed by atoms with Gasteiger partial charge in [0.1, 0.15) is 42.7 Å². The molecule has 0 aliphatic carbocycles. The minimum Gasteiger partial charge on any atom is -0.394 e. The van der Waals surface area contributed by atoms with Crippen LogP contribution in [0.15, 0.2) is 5.11 Å². The van der Waals surface area contributed by atoms with E-state index in [2.05, 4.69) is 30.8 Å². The molecule has 0 aromatic carbocycles. The monoisotopic (exact) mass is 647 g/mol. The molecular formula is C31H57N3O11. The van der Waals surface area contributed by atoms with Crippen molar-refractivity contribution in [2.45, 2.75) is 152 Å². The van der Waals surface area contributed by atoms with Gasteiger partial charge in [-0.05, 0) is 50.5 Å². The Labute approximate surface area is 267 Å². The van der Waals surface area contributed by atoms with Gasteiger partial charge in [-0.1, -0.05) is 45.1 Å². The first kappa shape index (κ1) is 38.3. The molecule has 3 rings (SSSR count). The molecule has 45 heavy (non-hydrogen) atoms. The van der Waals surface area contributed by atoms with Gasteiger partial charge in [0.2, 0.25) is 0 Å². The Balaban J connectivity index is 1.90. The Kier molecular flexibility index (Phi) is 17.3. The van der Waals surface area contributed by atoms with E-state index >= 15 is 0 Å². The zero-order valence-electron chi connectivity index (χ0n) is 27.4. The smallest absolute Gasteiger partial charge is 0.187 e. The number of hydrogen-bond donors (Lipinski definition) is 4. The lowest BCUT2D eigenvalue weighted by atomic mass is 9.83. The number of aliphatic hydroxyl groups excluding tert-OH is 4. The first-order chi connectivity index (χ1) is 21.8. The number of azide groups is 1. The summed E-state index contributed by atoms with van der Waals surface area (Å²) in [6.45, 7) is 9.67. The van der Waals surface area contributed by atoms with Crippen LogP contribution in [0.5, 0.6) is 0 Å². The van der Waals surface area contributed by atoms with Gasteiger partial charge in [0.25, 0.3) is 0 Å². The molecule has 0 bridgehead atoms. The van der Waals surface area contributed by atoms with E-state index in [1.807, 2.05) is 6.92 Å². The zero-order valence-corrected chi connectivity index (χ0v) is 27.4. The Morgan fingerprint density at radius 2 is 1.38 bits per heavy atom. The van der Waals surface area contributed by atoms with E-state index in [0.717, 1.165) is 38.5 Å². The van der Waals surface area contributed by atoms with Crippen LogP contribution in [0, 0.1) is 5.92 Å². The molecule has 0 saturated carbocycles. The van der Waals surface area contributed by atoms with Crippen LogP contribution in [0.1, 0.15) is 79.1 Å². The number of aliphatic hydroxyl groups is 4. The average Bonchev–Trinajstić information content (AvgIpc) is 3.03. The molecular weight excluding hydrogens is 590 g/mol. The molecule has 0 aromatic rings. The summed E-state index contributed by atoms with van der Waals surface area (Å²) < 4.78 is 44.4. The lowest BCUT2D eigenvalue weighted by Crippen LogP contribution is -2.62. The van der Waals surface area contributed by atoms with Gasteiger partial charge < -0.3 is 53.6 Å². The molecule has 14 nitrogen and oxygen atoms in total. The fourth-order valence-corrected chi connectivity index (χ4v) is 6.25. The number of rotatable bonds is 19. The summed E-state index contributed by atoms with van der Waals surface area (Å²) in [5, 5.41) is 45.0. The molecule has 3 heterocycles. The summed E-state index contributed by atoms with van der Waals surface area (Å²) in [6, 6.07) is 0. The molecule has 13 unspecified atom stereocenters. The van der Waals surface area contributed by atoms with Gasteiger partial charge in [-0.25, -0.2) is 0 Å². The van der Waals surface area contributed by atoms with Crippen molar-refractivity contribution in [3.05, 3.63) is 10.4 Å². The van der Waals surface area contributed by atoms with E-state index < -0.39 is 67.8 Å². The largest absolute Gasteiger partial charge is 0.394 e. The van der Waals surface area contributed by atoms with Crippen LogP contribution in [0.4, 0.5) is 0 Å². The molecule has 4 N–H and O–H groups in total. The minimum atomic E-state index is -1.48. The highest BCUT2D eigenvalue weighted by atomic mass is 16.7. The third-order valence-corrected chi connectivity index (χ3v) is 8.95. The summed E-state index contributed by atoms with van der Waals surface area (Å²) in [5.74, 6) is -0.285. The summed E-state index contributed by atoms with van der Waals surface area (Å²) >= 11 is 0. The van der Waals surface area contributed by atoms with Crippen LogP contribution in [0.25, 0.3) is 10.4 Å². The van der Waals surface area contributed by atoms with Crippen molar-refractivity contribution in [1.82, 2.24) is 0 Å². The van der Waals surface area contributed by atoms with Gasteiger partial charge in [0, 0.05) is 31.3 Å². The van der Waals surface area contributed by atoms with Crippen molar-refractivity contribution in [2.24, 2.45) is 11.0 Å². The third-order valence-electron chi connectivity index (χ3n) is 8.95. The number of ether oxygens (including phenoxy) is 7. The molecule has 13 atom stereocenters.